The Kier molecular flexibility index (Phi) is 7.91. The van der Waals surface area contributed by atoms with Crippen LogP contribution in [0, 0.1) is 0 Å². The van der Waals surface area contributed by atoms with Gasteiger partial charge in [-0.15, -0.1) is 0 Å². The van der Waals surface area contributed by atoms with Crippen LogP contribution in [0.25, 0.3) is 6.08 Å². The van der Waals surface area contributed by atoms with Gasteiger partial charge in [-0.3, -0.25) is 14.5 Å². The van der Waals surface area contributed by atoms with Crippen molar-refractivity contribution in [1.82, 2.24) is 4.90 Å². The highest BCUT2D eigenvalue weighted by Crippen LogP contribution is 2.38. The van der Waals surface area contributed by atoms with Gasteiger partial charge in [0.25, 0.3) is 11.1 Å². The molecule has 33 heavy (non-hydrogen) atoms. The van der Waals surface area contributed by atoms with Crippen molar-refractivity contribution in [2.45, 2.75) is 19.4 Å². The number of ether oxygens (including phenoxy) is 1. The van der Waals surface area contributed by atoms with Gasteiger partial charge in [0.2, 0.25) is 0 Å². The molecule has 1 saturated heterocycles. The molecule has 0 aliphatic carbocycles. The zero-order valence-electron chi connectivity index (χ0n) is 17.7. The molecule has 1 fully saturated rings. The molecule has 0 bridgehead atoms. The molecule has 2 amide bonds. The highest BCUT2D eigenvalue weighted by atomic mass is 79.9. The molecule has 0 N–H and O–H groups in total. The van der Waals surface area contributed by atoms with Crippen LogP contribution in [-0.2, 0) is 17.8 Å². The number of imide groups is 1. The smallest absolute Gasteiger partial charge is 0.293 e. The molecule has 0 spiro atoms. The number of rotatable bonds is 8. The lowest BCUT2D eigenvalue weighted by atomic mass is 10.1. The SMILES string of the molecule is O=C1S/C(=C/c2cc(Cl)c(OCc3ccccc3)c(Br)c2)C(=O)N1CCCc1ccccc1. The van der Waals surface area contributed by atoms with E-state index in [1.165, 1.54) is 10.5 Å². The monoisotopic (exact) mass is 541 g/mol. The second-order valence-electron chi connectivity index (χ2n) is 7.51. The molecule has 0 saturated carbocycles. The Morgan fingerprint density at radius 1 is 0.970 bits per heavy atom. The first-order valence-electron chi connectivity index (χ1n) is 10.5. The van der Waals surface area contributed by atoms with Gasteiger partial charge < -0.3 is 4.74 Å². The van der Waals surface area contributed by atoms with Crippen LogP contribution in [0.4, 0.5) is 4.79 Å². The molecular formula is C26H21BrClNO3S. The zero-order chi connectivity index (χ0) is 23.2. The zero-order valence-corrected chi connectivity index (χ0v) is 20.8. The Hall–Kier alpha value is -2.54. The van der Waals surface area contributed by atoms with Crippen molar-refractivity contribution < 1.29 is 14.3 Å². The molecule has 1 heterocycles. The van der Waals surface area contributed by atoms with E-state index >= 15 is 0 Å². The molecule has 0 unspecified atom stereocenters. The van der Waals surface area contributed by atoms with E-state index in [0.29, 0.717) is 38.9 Å². The van der Waals surface area contributed by atoms with E-state index in [2.05, 4.69) is 15.9 Å². The number of halogens is 2. The quantitative estimate of drug-likeness (QED) is 0.279. The fourth-order valence-electron chi connectivity index (χ4n) is 3.46. The number of carbonyl (C=O) groups excluding carboxylic acids is 2. The van der Waals surface area contributed by atoms with E-state index in [1.54, 1.807) is 12.1 Å². The molecule has 4 nitrogen and oxygen atoms in total. The summed E-state index contributed by atoms with van der Waals surface area (Å²) < 4.78 is 6.56. The summed E-state index contributed by atoms with van der Waals surface area (Å²) in [5, 5.41) is 0.181. The lowest BCUT2D eigenvalue weighted by molar-refractivity contribution is -0.122. The van der Waals surface area contributed by atoms with Gasteiger partial charge in [0, 0.05) is 6.54 Å². The minimum atomic E-state index is -0.269. The topological polar surface area (TPSA) is 46.6 Å². The molecule has 0 radical (unpaired) electrons. The summed E-state index contributed by atoms with van der Waals surface area (Å²) in [6.07, 6.45) is 3.23. The molecule has 7 heteroatoms. The normalized spacial score (nSPS) is 14.8. The molecule has 3 aromatic carbocycles. The van der Waals surface area contributed by atoms with E-state index in [0.717, 1.165) is 30.2 Å². The number of hydrogen-bond donors (Lipinski definition) is 0. The second kappa shape index (κ2) is 11.1. The first-order valence-corrected chi connectivity index (χ1v) is 12.4. The minimum absolute atomic E-state index is 0.243. The third kappa shape index (κ3) is 6.08. The van der Waals surface area contributed by atoms with Crippen LogP contribution in [0.3, 0.4) is 0 Å². The third-order valence-electron chi connectivity index (χ3n) is 5.11. The Bertz CT molecular complexity index is 1160. The average Bonchev–Trinajstić information content (AvgIpc) is 3.07. The summed E-state index contributed by atoms with van der Waals surface area (Å²) in [5.74, 6) is 0.265. The molecular weight excluding hydrogens is 522 g/mol. The van der Waals surface area contributed by atoms with Crippen molar-refractivity contribution in [3.63, 3.8) is 0 Å². The molecule has 0 atom stereocenters. The van der Waals surface area contributed by atoms with Crippen molar-refractivity contribution in [3.8, 4) is 5.75 Å². The third-order valence-corrected chi connectivity index (χ3v) is 6.89. The second-order valence-corrected chi connectivity index (χ2v) is 9.77. The van der Waals surface area contributed by atoms with Crippen LogP contribution in [0.15, 0.2) is 82.2 Å². The van der Waals surface area contributed by atoms with Crippen molar-refractivity contribution in [1.29, 1.82) is 0 Å². The van der Waals surface area contributed by atoms with Gasteiger partial charge in [0.15, 0.2) is 5.75 Å². The maximum atomic E-state index is 12.8. The van der Waals surface area contributed by atoms with Gasteiger partial charge >= 0.3 is 0 Å². The van der Waals surface area contributed by atoms with Crippen LogP contribution >= 0.6 is 39.3 Å². The maximum absolute atomic E-state index is 12.8. The van der Waals surface area contributed by atoms with Crippen LogP contribution < -0.4 is 4.74 Å². The maximum Gasteiger partial charge on any atom is 0.293 e. The Labute approximate surface area is 210 Å². The molecule has 3 aromatic rings. The minimum Gasteiger partial charge on any atom is -0.486 e. The largest absolute Gasteiger partial charge is 0.486 e. The number of carbonyl (C=O) groups is 2. The van der Waals surface area contributed by atoms with Crippen LogP contribution in [0.5, 0.6) is 5.75 Å². The van der Waals surface area contributed by atoms with Gasteiger partial charge in [0.1, 0.15) is 6.61 Å². The standard InChI is InChI=1S/C26H21BrClNO3S/c27-21-14-20(15-22(28)24(21)32-17-19-10-5-2-6-11-19)16-23-25(30)29(26(31)33-23)13-7-12-18-8-3-1-4-9-18/h1-6,8-11,14-16H,7,12-13,17H2/b23-16+. The summed E-state index contributed by atoms with van der Waals surface area (Å²) >= 11 is 10.9. The lowest BCUT2D eigenvalue weighted by Crippen LogP contribution is -2.29. The highest BCUT2D eigenvalue weighted by molar-refractivity contribution is 9.10. The Balaban J connectivity index is 1.41. The highest BCUT2D eigenvalue weighted by Gasteiger charge is 2.34. The first kappa shape index (κ1) is 23.6. The fourth-order valence-corrected chi connectivity index (χ4v) is 5.31. The van der Waals surface area contributed by atoms with Crippen molar-refractivity contribution in [3.05, 3.63) is 104 Å². The van der Waals surface area contributed by atoms with Crippen LogP contribution in [0.1, 0.15) is 23.1 Å². The average molecular weight is 543 g/mol. The van der Waals surface area contributed by atoms with Gasteiger partial charge in [-0.1, -0.05) is 72.3 Å². The van der Waals surface area contributed by atoms with Crippen LogP contribution in [0.2, 0.25) is 5.02 Å². The first-order chi connectivity index (χ1) is 16.0. The molecule has 0 aromatic heterocycles. The summed E-state index contributed by atoms with van der Waals surface area (Å²) in [5.41, 5.74) is 2.94. The van der Waals surface area contributed by atoms with Gasteiger partial charge in [-0.2, -0.15) is 0 Å². The Morgan fingerprint density at radius 2 is 1.64 bits per heavy atom. The number of amides is 2. The lowest BCUT2D eigenvalue weighted by Gasteiger charge is -2.12. The molecule has 4 rings (SSSR count). The number of thioether (sulfide) groups is 1. The molecule has 1 aliphatic rings. The summed E-state index contributed by atoms with van der Waals surface area (Å²) in [6.45, 7) is 0.786. The van der Waals surface area contributed by atoms with E-state index < -0.39 is 0 Å². The Morgan fingerprint density at radius 3 is 2.30 bits per heavy atom. The summed E-state index contributed by atoms with van der Waals surface area (Å²) in [4.78, 5) is 26.9. The van der Waals surface area contributed by atoms with Crippen LogP contribution in [-0.4, -0.2) is 22.6 Å². The van der Waals surface area contributed by atoms with Crippen molar-refractivity contribution in [2.24, 2.45) is 0 Å². The van der Waals surface area contributed by atoms with Gasteiger partial charge in [0.05, 0.1) is 14.4 Å². The number of benzene rings is 3. The number of nitrogens with zero attached hydrogens (tertiary/aromatic N) is 1. The fraction of sp³-hybridized carbons (Fsp3) is 0.154. The van der Waals surface area contributed by atoms with Gasteiger partial charge in [-0.05, 0) is 75.4 Å². The van der Waals surface area contributed by atoms with Crippen molar-refractivity contribution >= 4 is 56.5 Å². The van der Waals surface area contributed by atoms with E-state index in [4.69, 9.17) is 16.3 Å². The predicted molar refractivity (Wildman–Crippen MR) is 137 cm³/mol. The van der Waals surface area contributed by atoms with Crippen molar-refractivity contribution in [2.75, 3.05) is 6.54 Å². The molecule has 1 aliphatic heterocycles. The number of aryl methyl sites for hydroxylation is 1. The van der Waals surface area contributed by atoms with E-state index in [1.807, 2.05) is 66.7 Å². The van der Waals surface area contributed by atoms with E-state index in [9.17, 15) is 9.59 Å². The summed E-state index contributed by atoms with van der Waals surface area (Å²) in [6, 6.07) is 23.4. The summed E-state index contributed by atoms with van der Waals surface area (Å²) in [7, 11) is 0. The predicted octanol–water partition coefficient (Wildman–Crippen LogP) is 7.35. The number of hydrogen-bond acceptors (Lipinski definition) is 4. The van der Waals surface area contributed by atoms with Gasteiger partial charge in [-0.25, -0.2) is 0 Å². The van der Waals surface area contributed by atoms with E-state index in [-0.39, 0.29) is 11.1 Å². The molecule has 168 valence electrons.